The minimum absolute atomic E-state index is 0.0426. The molecule has 2 aromatic carbocycles. The highest BCUT2D eigenvalue weighted by atomic mass is 32.1. The lowest BCUT2D eigenvalue weighted by Crippen LogP contribution is -2.02. The lowest BCUT2D eigenvalue weighted by Gasteiger charge is -2.02. The standard InChI is InChI=1S/C18H10N4OS/c23-17-14-5-2-1-4-12(14)13-8-7-11(10-15(13)17)22-20-18(19-21-22)16-6-3-9-24-16/h1-10H. The highest BCUT2D eigenvalue weighted by molar-refractivity contribution is 7.13. The van der Waals surface area contributed by atoms with Gasteiger partial charge in [-0.2, -0.15) is 0 Å². The van der Waals surface area contributed by atoms with Crippen LogP contribution in [0, 0.1) is 0 Å². The van der Waals surface area contributed by atoms with Crippen molar-refractivity contribution < 1.29 is 4.79 Å². The first-order chi connectivity index (χ1) is 11.8. The van der Waals surface area contributed by atoms with Crippen LogP contribution in [0.5, 0.6) is 0 Å². The molecule has 0 saturated heterocycles. The second kappa shape index (κ2) is 4.94. The molecule has 1 aliphatic rings. The molecule has 24 heavy (non-hydrogen) atoms. The van der Waals surface area contributed by atoms with E-state index in [4.69, 9.17) is 0 Å². The molecule has 0 saturated carbocycles. The number of tetrazole rings is 1. The molecule has 0 bridgehead atoms. The first-order valence-corrected chi connectivity index (χ1v) is 8.32. The molecular formula is C18H10N4OS. The summed E-state index contributed by atoms with van der Waals surface area (Å²) in [4.78, 5) is 15.0. The predicted molar refractivity (Wildman–Crippen MR) is 91.3 cm³/mol. The highest BCUT2D eigenvalue weighted by Crippen LogP contribution is 2.37. The molecule has 0 N–H and O–H groups in total. The summed E-state index contributed by atoms with van der Waals surface area (Å²) in [7, 11) is 0. The van der Waals surface area contributed by atoms with Crippen molar-refractivity contribution in [3.8, 4) is 27.5 Å². The van der Waals surface area contributed by atoms with Gasteiger partial charge in [0.2, 0.25) is 5.82 Å². The van der Waals surface area contributed by atoms with Gasteiger partial charge in [0.1, 0.15) is 0 Å². The van der Waals surface area contributed by atoms with Crippen molar-refractivity contribution in [2.45, 2.75) is 0 Å². The van der Waals surface area contributed by atoms with Gasteiger partial charge in [0, 0.05) is 11.1 Å². The van der Waals surface area contributed by atoms with Crippen molar-refractivity contribution in [2.75, 3.05) is 0 Å². The monoisotopic (exact) mass is 330 g/mol. The van der Waals surface area contributed by atoms with E-state index in [1.807, 2.05) is 60.0 Å². The number of hydrogen-bond donors (Lipinski definition) is 0. The van der Waals surface area contributed by atoms with Gasteiger partial charge < -0.3 is 0 Å². The molecule has 1 aliphatic carbocycles. The Kier molecular flexibility index (Phi) is 2.74. The van der Waals surface area contributed by atoms with Gasteiger partial charge in [-0.25, -0.2) is 0 Å². The van der Waals surface area contributed by atoms with Gasteiger partial charge in [-0.3, -0.25) is 4.79 Å². The lowest BCUT2D eigenvalue weighted by atomic mass is 10.1. The Bertz CT molecular complexity index is 1080. The number of nitrogens with zero attached hydrogens (tertiary/aromatic N) is 4. The Morgan fingerprint density at radius 1 is 0.875 bits per heavy atom. The van der Waals surface area contributed by atoms with Crippen molar-refractivity contribution >= 4 is 17.1 Å². The van der Waals surface area contributed by atoms with Crippen molar-refractivity contribution in [3.63, 3.8) is 0 Å². The number of rotatable bonds is 2. The summed E-state index contributed by atoms with van der Waals surface area (Å²) in [5.41, 5.74) is 4.09. The molecule has 2 heterocycles. The fourth-order valence-electron chi connectivity index (χ4n) is 2.97. The van der Waals surface area contributed by atoms with Gasteiger partial charge in [0.25, 0.3) is 0 Å². The molecule has 5 rings (SSSR count). The van der Waals surface area contributed by atoms with Crippen molar-refractivity contribution in [2.24, 2.45) is 0 Å². The van der Waals surface area contributed by atoms with Crippen molar-refractivity contribution in [1.29, 1.82) is 0 Å². The average Bonchev–Trinajstić information content (AvgIpc) is 3.35. The number of fused-ring (bicyclic) bond motifs is 3. The largest absolute Gasteiger partial charge is 0.289 e. The fourth-order valence-corrected chi connectivity index (χ4v) is 3.62. The summed E-state index contributed by atoms with van der Waals surface area (Å²) in [6.45, 7) is 0. The van der Waals surface area contributed by atoms with Gasteiger partial charge in [-0.05, 0) is 39.9 Å². The number of carbonyl (C=O) groups is 1. The first kappa shape index (κ1) is 13.3. The third kappa shape index (κ3) is 1.87. The maximum absolute atomic E-state index is 12.6. The van der Waals surface area contributed by atoms with Crippen LogP contribution >= 0.6 is 11.3 Å². The van der Waals surface area contributed by atoms with Crippen LogP contribution in [-0.2, 0) is 0 Å². The van der Waals surface area contributed by atoms with Crippen LogP contribution in [0.25, 0.3) is 27.5 Å². The molecule has 0 aliphatic heterocycles. The smallest absolute Gasteiger partial charge is 0.215 e. The Balaban J connectivity index is 1.60. The third-order valence-electron chi connectivity index (χ3n) is 4.10. The molecular weight excluding hydrogens is 320 g/mol. The molecule has 0 amide bonds. The minimum Gasteiger partial charge on any atom is -0.289 e. The Morgan fingerprint density at radius 3 is 2.54 bits per heavy atom. The fraction of sp³-hybridized carbons (Fsp3) is 0. The van der Waals surface area contributed by atoms with Crippen LogP contribution in [0.4, 0.5) is 0 Å². The van der Waals surface area contributed by atoms with Crippen LogP contribution < -0.4 is 0 Å². The molecule has 2 aromatic heterocycles. The summed E-state index contributed by atoms with van der Waals surface area (Å²) in [6, 6.07) is 17.3. The van der Waals surface area contributed by atoms with Crippen molar-refractivity contribution in [3.05, 3.63) is 71.1 Å². The second-order valence-electron chi connectivity index (χ2n) is 5.48. The number of benzene rings is 2. The van der Waals surface area contributed by atoms with Gasteiger partial charge in [0.15, 0.2) is 5.78 Å². The Hall–Kier alpha value is -3.12. The first-order valence-electron chi connectivity index (χ1n) is 7.44. The average molecular weight is 330 g/mol. The highest BCUT2D eigenvalue weighted by Gasteiger charge is 2.26. The van der Waals surface area contributed by atoms with Crippen LogP contribution in [0.2, 0.25) is 0 Å². The van der Waals surface area contributed by atoms with E-state index in [1.165, 1.54) is 4.80 Å². The molecule has 0 atom stereocenters. The van der Waals surface area contributed by atoms with Gasteiger partial charge >= 0.3 is 0 Å². The Morgan fingerprint density at radius 2 is 1.71 bits per heavy atom. The molecule has 0 unspecified atom stereocenters. The quantitative estimate of drug-likeness (QED) is 0.496. The van der Waals surface area contributed by atoms with E-state index in [0.717, 1.165) is 27.3 Å². The van der Waals surface area contributed by atoms with E-state index in [2.05, 4.69) is 15.4 Å². The number of carbonyl (C=O) groups excluding carboxylic acids is 1. The van der Waals surface area contributed by atoms with E-state index in [-0.39, 0.29) is 5.78 Å². The zero-order chi connectivity index (χ0) is 16.1. The van der Waals surface area contributed by atoms with Crippen LogP contribution in [0.1, 0.15) is 15.9 Å². The van der Waals surface area contributed by atoms with Gasteiger partial charge in [-0.15, -0.1) is 26.3 Å². The topological polar surface area (TPSA) is 60.7 Å². The molecule has 5 nitrogen and oxygen atoms in total. The van der Waals surface area contributed by atoms with Gasteiger partial charge in [0.05, 0.1) is 10.6 Å². The van der Waals surface area contributed by atoms with Crippen LogP contribution in [-0.4, -0.2) is 26.0 Å². The lowest BCUT2D eigenvalue weighted by molar-refractivity contribution is 0.104. The molecule has 4 aromatic rings. The van der Waals surface area contributed by atoms with E-state index in [9.17, 15) is 4.79 Å². The van der Waals surface area contributed by atoms with Crippen molar-refractivity contribution in [1.82, 2.24) is 20.2 Å². The number of thiophene rings is 1. The number of aromatic nitrogens is 4. The maximum atomic E-state index is 12.6. The molecule has 0 radical (unpaired) electrons. The SMILES string of the molecule is O=C1c2ccccc2-c2ccc(-n3nnc(-c4cccs4)n3)cc21. The number of ketones is 1. The van der Waals surface area contributed by atoms with Gasteiger partial charge in [-0.1, -0.05) is 36.4 Å². The molecule has 0 fully saturated rings. The summed E-state index contributed by atoms with van der Waals surface area (Å²) < 4.78 is 0. The summed E-state index contributed by atoms with van der Waals surface area (Å²) in [5.74, 6) is 0.626. The third-order valence-corrected chi connectivity index (χ3v) is 4.96. The summed E-state index contributed by atoms with van der Waals surface area (Å²) in [6.07, 6.45) is 0. The molecule has 6 heteroatoms. The normalized spacial score (nSPS) is 12.2. The summed E-state index contributed by atoms with van der Waals surface area (Å²) in [5, 5.41) is 14.6. The second-order valence-corrected chi connectivity index (χ2v) is 6.43. The summed E-state index contributed by atoms with van der Waals surface area (Å²) >= 11 is 1.56. The Labute approximate surface area is 141 Å². The van der Waals surface area contributed by atoms with E-state index < -0.39 is 0 Å². The van der Waals surface area contributed by atoms with Crippen LogP contribution in [0.3, 0.4) is 0 Å². The van der Waals surface area contributed by atoms with E-state index in [1.54, 1.807) is 11.3 Å². The van der Waals surface area contributed by atoms with Crippen LogP contribution in [0.15, 0.2) is 60.0 Å². The minimum atomic E-state index is 0.0426. The van der Waals surface area contributed by atoms with E-state index in [0.29, 0.717) is 11.4 Å². The molecule has 114 valence electrons. The molecule has 0 spiro atoms. The zero-order valence-corrected chi connectivity index (χ0v) is 13.2. The predicted octanol–water partition coefficient (Wildman–Crippen LogP) is 3.60. The zero-order valence-electron chi connectivity index (χ0n) is 12.4. The maximum Gasteiger partial charge on any atom is 0.215 e. The number of hydrogen-bond acceptors (Lipinski definition) is 5. The van der Waals surface area contributed by atoms with E-state index >= 15 is 0 Å².